The molecule has 1 atom stereocenters. The minimum absolute atomic E-state index is 0.0794. The van der Waals surface area contributed by atoms with E-state index in [9.17, 15) is 14.4 Å². The van der Waals surface area contributed by atoms with Crippen LogP contribution in [0.2, 0.25) is 0 Å². The van der Waals surface area contributed by atoms with Gasteiger partial charge in [-0.2, -0.15) is 0 Å². The van der Waals surface area contributed by atoms with Crippen molar-refractivity contribution in [2.75, 3.05) is 13.2 Å². The molecule has 0 aromatic heterocycles. The summed E-state index contributed by atoms with van der Waals surface area (Å²) in [5.41, 5.74) is 0. The van der Waals surface area contributed by atoms with E-state index in [0.717, 1.165) is 103 Å². The summed E-state index contributed by atoms with van der Waals surface area (Å²) in [4.78, 5) is 38.2. The third-order valence-corrected chi connectivity index (χ3v) is 14.7. The topological polar surface area (TPSA) is 78.9 Å². The SMILES string of the molecule is CCC/C=C\CCCCCCCC(=O)OCC(COC(=O)CCCCCCCCCCCCCCCCCCCCCCC/C=C\C/C=C\CCCCCCC)OC(=O)CCCCCCC/C=C\C/C=C\CCCCC. The average molecular weight is 1060 g/mol. The lowest BCUT2D eigenvalue weighted by Crippen LogP contribution is -2.30. The summed E-state index contributed by atoms with van der Waals surface area (Å²) in [7, 11) is 0. The summed E-state index contributed by atoms with van der Waals surface area (Å²) in [5, 5.41) is 0. The Morgan fingerprint density at radius 2 is 0.500 bits per heavy atom. The van der Waals surface area contributed by atoms with Gasteiger partial charge in [0.25, 0.3) is 0 Å². The summed E-state index contributed by atoms with van der Waals surface area (Å²) >= 11 is 0. The van der Waals surface area contributed by atoms with Crippen molar-refractivity contribution in [3.05, 3.63) is 60.8 Å². The summed E-state index contributed by atoms with van der Waals surface area (Å²) in [6.07, 6.45) is 82.6. The van der Waals surface area contributed by atoms with Gasteiger partial charge in [0.2, 0.25) is 0 Å². The smallest absolute Gasteiger partial charge is 0.306 e. The Morgan fingerprint density at radius 1 is 0.263 bits per heavy atom. The van der Waals surface area contributed by atoms with Crippen molar-refractivity contribution in [3.63, 3.8) is 0 Å². The molecule has 0 amide bonds. The molecule has 0 spiro atoms. The molecular weight excluding hydrogens is 937 g/mol. The van der Waals surface area contributed by atoms with E-state index in [2.05, 4.69) is 81.5 Å². The molecule has 6 nitrogen and oxygen atoms in total. The van der Waals surface area contributed by atoms with Gasteiger partial charge in [0.1, 0.15) is 13.2 Å². The Bertz CT molecular complexity index is 1360. The first-order valence-corrected chi connectivity index (χ1v) is 33.3. The van der Waals surface area contributed by atoms with Gasteiger partial charge in [0, 0.05) is 19.3 Å². The highest BCUT2D eigenvalue weighted by molar-refractivity contribution is 5.71. The molecular formula is C70H126O6. The lowest BCUT2D eigenvalue weighted by atomic mass is 10.0. The Labute approximate surface area is 472 Å². The maximum absolute atomic E-state index is 12.8. The first-order valence-electron chi connectivity index (χ1n) is 33.3. The zero-order valence-electron chi connectivity index (χ0n) is 50.8. The van der Waals surface area contributed by atoms with Gasteiger partial charge in [-0.25, -0.2) is 0 Å². The van der Waals surface area contributed by atoms with Crippen LogP contribution < -0.4 is 0 Å². The van der Waals surface area contributed by atoms with Gasteiger partial charge in [-0.1, -0.05) is 287 Å². The van der Waals surface area contributed by atoms with Gasteiger partial charge in [-0.3, -0.25) is 14.4 Å². The molecule has 0 radical (unpaired) electrons. The summed E-state index contributed by atoms with van der Waals surface area (Å²) in [6.45, 7) is 6.56. The fourth-order valence-electron chi connectivity index (χ4n) is 9.68. The molecule has 0 saturated carbocycles. The highest BCUT2D eigenvalue weighted by atomic mass is 16.6. The van der Waals surface area contributed by atoms with E-state index < -0.39 is 6.10 Å². The van der Waals surface area contributed by atoms with E-state index in [1.54, 1.807) is 0 Å². The molecule has 0 aromatic rings. The molecule has 442 valence electrons. The van der Waals surface area contributed by atoms with Crippen LogP contribution in [0.25, 0.3) is 0 Å². The van der Waals surface area contributed by atoms with Crippen molar-refractivity contribution in [2.45, 2.75) is 354 Å². The van der Waals surface area contributed by atoms with E-state index in [1.807, 2.05) is 0 Å². The van der Waals surface area contributed by atoms with E-state index >= 15 is 0 Å². The Balaban J connectivity index is 4.05. The lowest BCUT2D eigenvalue weighted by Gasteiger charge is -2.18. The van der Waals surface area contributed by atoms with Crippen LogP contribution in [0.4, 0.5) is 0 Å². The van der Waals surface area contributed by atoms with Gasteiger partial charge in [-0.05, 0) is 103 Å². The maximum Gasteiger partial charge on any atom is 0.306 e. The first kappa shape index (κ1) is 73.1. The minimum Gasteiger partial charge on any atom is -0.462 e. The Hall–Kier alpha value is -2.89. The van der Waals surface area contributed by atoms with E-state index in [0.29, 0.717) is 19.3 Å². The normalized spacial score (nSPS) is 12.4. The van der Waals surface area contributed by atoms with E-state index in [-0.39, 0.29) is 31.1 Å². The summed E-state index contributed by atoms with van der Waals surface area (Å²) in [6, 6.07) is 0. The number of rotatable bonds is 61. The number of carbonyl (C=O) groups is 3. The molecule has 0 bridgehead atoms. The van der Waals surface area contributed by atoms with Crippen molar-refractivity contribution >= 4 is 17.9 Å². The minimum atomic E-state index is -0.783. The third-order valence-electron chi connectivity index (χ3n) is 14.7. The highest BCUT2D eigenvalue weighted by Crippen LogP contribution is 2.17. The first-order chi connectivity index (χ1) is 37.5. The molecule has 0 aliphatic rings. The fraction of sp³-hybridized carbons (Fsp3) is 0.814. The standard InChI is InChI=1S/C70H126O6/c1-4-7-10-13-16-19-22-24-26-27-28-29-30-31-32-33-34-35-36-37-38-39-40-41-42-43-45-46-48-51-54-57-60-63-69(72)75-66-67(65-74-68(71)62-59-56-53-50-21-18-15-12-9-6-3)76-70(73)64-61-58-55-52-49-47-44-25-23-20-17-14-11-8-5-2/h12,15,17,20,22,24-25,27-28,44,67H,4-11,13-14,16,18-19,21,23,26,29-43,45-66H2,1-3H3/b15-12-,20-17-,24-22-,28-27-,44-25-. The van der Waals surface area contributed by atoms with Crippen molar-refractivity contribution in [1.29, 1.82) is 0 Å². The van der Waals surface area contributed by atoms with Crippen LogP contribution >= 0.6 is 0 Å². The zero-order valence-corrected chi connectivity index (χ0v) is 50.8. The quantitative estimate of drug-likeness (QED) is 0.0261. The van der Waals surface area contributed by atoms with Crippen LogP contribution in [-0.2, 0) is 28.6 Å². The molecule has 76 heavy (non-hydrogen) atoms. The second kappa shape index (κ2) is 64.6. The molecule has 0 rings (SSSR count). The van der Waals surface area contributed by atoms with Crippen molar-refractivity contribution < 1.29 is 28.6 Å². The number of unbranched alkanes of at least 4 members (excludes halogenated alkanes) is 40. The number of hydrogen-bond donors (Lipinski definition) is 0. The predicted molar refractivity (Wildman–Crippen MR) is 330 cm³/mol. The molecule has 0 aliphatic carbocycles. The molecule has 0 N–H and O–H groups in total. The summed E-state index contributed by atoms with van der Waals surface area (Å²) in [5.74, 6) is -0.889. The van der Waals surface area contributed by atoms with Gasteiger partial charge >= 0.3 is 17.9 Å². The van der Waals surface area contributed by atoms with E-state index in [1.165, 1.54) is 205 Å². The molecule has 0 aliphatic heterocycles. The molecule has 0 fully saturated rings. The lowest BCUT2D eigenvalue weighted by molar-refractivity contribution is -0.167. The van der Waals surface area contributed by atoms with Crippen LogP contribution in [0, 0.1) is 0 Å². The average Bonchev–Trinajstić information content (AvgIpc) is 3.42. The number of carbonyl (C=O) groups excluding carboxylic acids is 3. The predicted octanol–water partition coefficient (Wildman–Crippen LogP) is 22.7. The van der Waals surface area contributed by atoms with Crippen LogP contribution in [0.1, 0.15) is 348 Å². The fourth-order valence-corrected chi connectivity index (χ4v) is 9.68. The van der Waals surface area contributed by atoms with Gasteiger partial charge < -0.3 is 14.2 Å². The van der Waals surface area contributed by atoms with Gasteiger partial charge in [0.15, 0.2) is 6.10 Å². The number of allylic oxidation sites excluding steroid dienone is 10. The van der Waals surface area contributed by atoms with Crippen LogP contribution in [0.5, 0.6) is 0 Å². The van der Waals surface area contributed by atoms with E-state index in [4.69, 9.17) is 14.2 Å². The third kappa shape index (κ3) is 62.0. The second-order valence-electron chi connectivity index (χ2n) is 22.4. The zero-order chi connectivity index (χ0) is 55.0. The molecule has 1 unspecified atom stereocenters. The maximum atomic E-state index is 12.8. The largest absolute Gasteiger partial charge is 0.462 e. The summed E-state index contributed by atoms with van der Waals surface area (Å²) < 4.78 is 16.9. The Morgan fingerprint density at radius 3 is 0.816 bits per heavy atom. The number of hydrogen-bond acceptors (Lipinski definition) is 6. The number of ether oxygens (including phenoxy) is 3. The molecule has 0 saturated heterocycles. The van der Waals surface area contributed by atoms with Gasteiger partial charge in [0.05, 0.1) is 0 Å². The highest BCUT2D eigenvalue weighted by Gasteiger charge is 2.19. The van der Waals surface area contributed by atoms with Crippen LogP contribution in [0.3, 0.4) is 0 Å². The monoisotopic (exact) mass is 1060 g/mol. The molecule has 0 aromatic carbocycles. The Kier molecular flexibility index (Phi) is 62.2. The van der Waals surface area contributed by atoms with Crippen molar-refractivity contribution in [3.8, 4) is 0 Å². The van der Waals surface area contributed by atoms with Crippen molar-refractivity contribution in [1.82, 2.24) is 0 Å². The van der Waals surface area contributed by atoms with Crippen LogP contribution in [0.15, 0.2) is 60.8 Å². The van der Waals surface area contributed by atoms with Crippen LogP contribution in [-0.4, -0.2) is 37.2 Å². The number of esters is 3. The second-order valence-corrected chi connectivity index (χ2v) is 22.4. The molecule has 0 heterocycles. The molecule has 6 heteroatoms. The van der Waals surface area contributed by atoms with Gasteiger partial charge in [-0.15, -0.1) is 0 Å². The van der Waals surface area contributed by atoms with Crippen molar-refractivity contribution in [2.24, 2.45) is 0 Å².